The van der Waals surface area contributed by atoms with E-state index in [4.69, 9.17) is 10.5 Å². The van der Waals surface area contributed by atoms with Gasteiger partial charge in [-0.15, -0.1) is 0 Å². The van der Waals surface area contributed by atoms with Crippen molar-refractivity contribution in [1.29, 1.82) is 0 Å². The van der Waals surface area contributed by atoms with E-state index in [9.17, 15) is 0 Å². The van der Waals surface area contributed by atoms with E-state index in [0.717, 1.165) is 28.5 Å². The number of pyridine rings is 1. The molecule has 0 bridgehead atoms. The van der Waals surface area contributed by atoms with Gasteiger partial charge in [0, 0.05) is 25.2 Å². The molecule has 0 fully saturated rings. The Kier molecular flexibility index (Phi) is 4.22. The molecule has 0 spiro atoms. The van der Waals surface area contributed by atoms with Gasteiger partial charge in [0.2, 0.25) is 5.95 Å². The molecule has 26 heavy (non-hydrogen) atoms. The number of anilines is 2. The molecule has 0 aliphatic rings. The molecule has 0 radical (unpaired) electrons. The second kappa shape index (κ2) is 6.83. The van der Waals surface area contributed by atoms with E-state index in [1.807, 2.05) is 37.4 Å². The minimum absolute atomic E-state index is 0.420. The highest BCUT2D eigenvalue weighted by atomic mass is 16.5. The molecule has 4 rings (SSSR count). The van der Waals surface area contributed by atoms with Gasteiger partial charge in [-0.25, -0.2) is 0 Å². The second-order valence-corrected chi connectivity index (χ2v) is 5.90. The molecule has 8 nitrogen and oxygen atoms in total. The molecular formula is C18H19N7O. The predicted octanol–water partition coefficient (Wildman–Crippen LogP) is 2.37. The van der Waals surface area contributed by atoms with Crippen molar-refractivity contribution in [3.05, 3.63) is 42.7 Å². The zero-order valence-corrected chi connectivity index (χ0v) is 14.4. The summed E-state index contributed by atoms with van der Waals surface area (Å²) in [4.78, 5) is 13.1. The lowest BCUT2D eigenvalue weighted by atomic mass is 10.2. The van der Waals surface area contributed by atoms with Gasteiger partial charge in [-0.2, -0.15) is 15.1 Å². The van der Waals surface area contributed by atoms with Crippen LogP contribution < -0.4 is 15.8 Å². The monoisotopic (exact) mass is 349 g/mol. The van der Waals surface area contributed by atoms with Crippen LogP contribution >= 0.6 is 0 Å². The first kappa shape index (κ1) is 16.1. The predicted molar refractivity (Wildman–Crippen MR) is 101 cm³/mol. The normalized spacial score (nSPS) is 11.1. The molecule has 0 saturated heterocycles. The standard InChI is InChI=1S/C18H19N7O/c1-25-17-13(11-22-25)16(19)23-18(24-17)21-9-4-10-26-14-7-2-5-12-6-3-8-20-15(12)14/h2-3,5-8,11H,4,9-10H2,1H3,(H3,19,21,23,24). The van der Waals surface area contributed by atoms with Crippen LogP contribution in [0.1, 0.15) is 6.42 Å². The zero-order chi connectivity index (χ0) is 17.9. The third-order valence-corrected chi connectivity index (χ3v) is 4.08. The van der Waals surface area contributed by atoms with Gasteiger partial charge < -0.3 is 15.8 Å². The third-order valence-electron chi connectivity index (χ3n) is 4.08. The topological polar surface area (TPSA) is 104 Å². The number of nitrogens with two attached hydrogens (primary N) is 1. The molecule has 3 N–H and O–H groups in total. The molecule has 0 saturated carbocycles. The van der Waals surface area contributed by atoms with Gasteiger partial charge in [0.05, 0.1) is 18.2 Å². The van der Waals surface area contributed by atoms with Crippen molar-refractivity contribution >= 4 is 33.7 Å². The Bertz CT molecular complexity index is 1050. The Morgan fingerprint density at radius 2 is 2.08 bits per heavy atom. The summed E-state index contributed by atoms with van der Waals surface area (Å²) in [5.41, 5.74) is 7.54. The summed E-state index contributed by atoms with van der Waals surface area (Å²) in [5, 5.41) is 9.15. The minimum Gasteiger partial charge on any atom is -0.491 e. The van der Waals surface area contributed by atoms with E-state index in [1.54, 1.807) is 17.1 Å². The highest BCUT2D eigenvalue weighted by Crippen LogP contribution is 2.23. The average Bonchev–Trinajstić information content (AvgIpc) is 3.03. The van der Waals surface area contributed by atoms with Crippen molar-refractivity contribution < 1.29 is 4.74 Å². The molecular weight excluding hydrogens is 330 g/mol. The molecule has 0 atom stereocenters. The van der Waals surface area contributed by atoms with Gasteiger partial charge in [0.1, 0.15) is 17.1 Å². The number of fused-ring (bicyclic) bond motifs is 2. The van der Waals surface area contributed by atoms with Crippen molar-refractivity contribution in [2.75, 3.05) is 24.2 Å². The molecule has 3 aromatic heterocycles. The summed E-state index contributed by atoms with van der Waals surface area (Å²) in [6, 6.07) is 9.86. The Morgan fingerprint density at radius 3 is 3.00 bits per heavy atom. The molecule has 0 amide bonds. The van der Waals surface area contributed by atoms with Gasteiger partial charge in [-0.3, -0.25) is 9.67 Å². The lowest BCUT2D eigenvalue weighted by molar-refractivity contribution is 0.318. The van der Waals surface area contributed by atoms with Crippen LogP contribution in [0, 0.1) is 0 Å². The molecule has 3 heterocycles. The number of nitrogens with zero attached hydrogens (tertiary/aromatic N) is 5. The fraction of sp³-hybridized carbons (Fsp3) is 0.222. The summed E-state index contributed by atoms with van der Waals surface area (Å²) in [6.07, 6.45) is 4.23. The highest BCUT2D eigenvalue weighted by Gasteiger charge is 2.09. The maximum absolute atomic E-state index is 5.95. The first-order valence-electron chi connectivity index (χ1n) is 8.38. The smallest absolute Gasteiger partial charge is 0.226 e. The lowest BCUT2D eigenvalue weighted by Gasteiger charge is -2.09. The maximum atomic E-state index is 5.95. The van der Waals surface area contributed by atoms with Crippen LogP contribution in [-0.4, -0.2) is 37.9 Å². The molecule has 132 valence electrons. The summed E-state index contributed by atoms with van der Waals surface area (Å²) < 4.78 is 7.55. The van der Waals surface area contributed by atoms with Crippen molar-refractivity contribution in [3.8, 4) is 5.75 Å². The number of aryl methyl sites for hydroxylation is 1. The van der Waals surface area contributed by atoms with Gasteiger partial charge >= 0.3 is 0 Å². The number of aromatic nitrogens is 5. The molecule has 0 aliphatic heterocycles. The Hall–Kier alpha value is -3.42. The number of hydrogen-bond acceptors (Lipinski definition) is 7. The molecule has 0 aliphatic carbocycles. The first-order chi connectivity index (χ1) is 12.7. The van der Waals surface area contributed by atoms with E-state index < -0.39 is 0 Å². The van der Waals surface area contributed by atoms with Gasteiger partial charge in [0.15, 0.2) is 5.65 Å². The minimum atomic E-state index is 0.420. The van der Waals surface area contributed by atoms with Gasteiger partial charge in [-0.05, 0) is 18.6 Å². The van der Waals surface area contributed by atoms with Crippen LogP contribution in [0.5, 0.6) is 5.75 Å². The number of benzene rings is 1. The SMILES string of the molecule is Cn1ncc2c(N)nc(NCCCOc3cccc4cccnc34)nc21. The highest BCUT2D eigenvalue weighted by molar-refractivity contribution is 5.86. The maximum Gasteiger partial charge on any atom is 0.226 e. The van der Waals surface area contributed by atoms with Crippen LogP contribution in [0.25, 0.3) is 21.9 Å². The molecule has 4 aromatic rings. The quantitative estimate of drug-likeness (QED) is 0.515. The van der Waals surface area contributed by atoms with Crippen LogP contribution in [-0.2, 0) is 7.05 Å². The molecule has 1 aromatic carbocycles. The van der Waals surface area contributed by atoms with Crippen molar-refractivity contribution in [2.45, 2.75) is 6.42 Å². The van der Waals surface area contributed by atoms with E-state index in [2.05, 4.69) is 25.4 Å². The number of para-hydroxylation sites is 1. The van der Waals surface area contributed by atoms with Crippen LogP contribution in [0.15, 0.2) is 42.7 Å². The van der Waals surface area contributed by atoms with Crippen LogP contribution in [0.4, 0.5) is 11.8 Å². The van der Waals surface area contributed by atoms with Crippen LogP contribution in [0.2, 0.25) is 0 Å². The first-order valence-corrected chi connectivity index (χ1v) is 8.38. The van der Waals surface area contributed by atoms with E-state index >= 15 is 0 Å². The lowest BCUT2D eigenvalue weighted by Crippen LogP contribution is -2.11. The van der Waals surface area contributed by atoms with E-state index in [1.165, 1.54) is 0 Å². The number of hydrogen-bond donors (Lipinski definition) is 2. The Morgan fingerprint density at radius 1 is 1.19 bits per heavy atom. The molecule has 0 unspecified atom stereocenters. The van der Waals surface area contributed by atoms with Gasteiger partial charge in [0.25, 0.3) is 0 Å². The Labute approximate surface area is 150 Å². The zero-order valence-electron chi connectivity index (χ0n) is 14.4. The van der Waals surface area contributed by atoms with Gasteiger partial charge in [-0.1, -0.05) is 18.2 Å². The van der Waals surface area contributed by atoms with E-state index in [-0.39, 0.29) is 0 Å². The summed E-state index contributed by atoms with van der Waals surface area (Å²) in [7, 11) is 1.82. The fourth-order valence-electron chi connectivity index (χ4n) is 2.77. The Balaban J connectivity index is 1.35. The average molecular weight is 349 g/mol. The van der Waals surface area contributed by atoms with E-state index in [0.29, 0.717) is 30.6 Å². The fourth-order valence-corrected chi connectivity index (χ4v) is 2.77. The summed E-state index contributed by atoms with van der Waals surface area (Å²) in [5.74, 6) is 1.70. The second-order valence-electron chi connectivity index (χ2n) is 5.90. The number of nitrogens with one attached hydrogen (secondary N) is 1. The third kappa shape index (κ3) is 3.08. The largest absolute Gasteiger partial charge is 0.491 e. The van der Waals surface area contributed by atoms with Crippen molar-refractivity contribution in [3.63, 3.8) is 0 Å². The summed E-state index contributed by atoms with van der Waals surface area (Å²) >= 11 is 0. The number of rotatable bonds is 6. The number of ether oxygens (including phenoxy) is 1. The van der Waals surface area contributed by atoms with Crippen molar-refractivity contribution in [1.82, 2.24) is 24.7 Å². The van der Waals surface area contributed by atoms with Crippen LogP contribution in [0.3, 0.4) is 0 Å². The molecule has 8 heteroatoms. The van der Waals surface area contributed by atoms with Crippen molar-refractivity contribution in [2.24, 2.45) is 7.05 Å². The number of nitrogen functional groups attached to an aromatic ring is 1. The summed E-state index contributed by atoms with van der Waals surface area (Å²) in [6.45, 7) is 1.23.